The molecule has 0 aromatic rings. The molecule has 0 heterocycles. The molecule has 0 aromatic carbocycles. The number of hydrogen-bond acceptors (Lipinski definition) is 1. The molecule has 2 rings (SSSR count). The summed E-state index contributed by atoms with van der Waals surface area (Å²) < 4.78 is 0. The summed E-state index contributed by atoms with van der Waals surface area (Å²) >= 11 is 0. The molecule has 86 valence electrons. The molecule has 1 spiro atoms. The molecule has 2 aliphatic carbocycles. The molecule has 0 radical (unpaired) electrons. The van der Waals surface area contributed by atoms with Crippen molar-refractivity contribution in [3.8, 4) is 0 Å². The molecule has 2 aliphatic rings. The van der Waals surface area contributed by atoms with Gasteiger partial charge < -0.3 is 0 Å². The van der Waals surface area contributed by atoms with Gasteiger partial charge in [-0.3, -0.25) is 4.79 Å². The fourth-order valence-electron chi connectivity index (χ4n) is 3.25. The van der Waals surface area contributed by atoms with E-state index in [9.17, 15) is 4.79 Å². The molecule has 16 heavy (non-hydrogen) atoms. The number of carbonyl (C=O) groups is 1. The third-order valence-electron chi connectivity index (χ3n) is 4.34. The van der Waals surface area contributed by atoms with E-state index < -0.39 is 0 Å². The van der Waals surface area contributed by atoms with Crippen molar-refractivity contribution in [2.45, 2.75) is 40.0 Å². The summed E-state index contributed by atoms with van der Waals surface area (Å²) in [5.74, 6) is 0.787. The molecule has 1 heteroatoms. The zero-order valence-electron chi connectivity index (χ0n) is 10.5. The number of rotatable bonds is 1. The minimum absolute atomic E-state index is 0.182. The first kappa shape index (κ1) is 11.4. The van der Waals surface area contributed by atoms with Crippen LogP contribution in [0.3, 0.4) is 0 Å². The first-order valence-corrected chi connectivity index (χ1v) is 6.09. The number of allylic oxidation sites excluding steroid dienone is 5. The van der Waals surface area contributed by atoms with Crippen molar-refractivity contribution in [1.82, 2.24) is 0 Å². The van der Waals surface area contributed by atoms with Crippen molar-refractivity contribution in [3.05, 3.63) is 35.5 Å². The summed E-state index contributed by atoms with van der Waals surface area (Å²) in [6.07, 6.45) is 7.33. The van der Waals surface area contributed by atoms with Crippen LogP contribution < -0.4 is 0 Å². The molecule has 0 aliphatic heterocycles. The van der Waals surface area contributed by atoms with Crippen LogP contribution in [0.5, 0.6) is 0 Å². The summed E-state index contributed by atoms with van der Waals surface area (Å²) in [7, 11) is 0. The van der Waals surface area contributed by atoms with E-state index in [0.717, 1.165) is 17.6 Å². The SMILES string of the molecule is C=C(C)C1=CC(=O)[C@@]2(CCC[C@@H]2C)C(C)=C1. The number of hydrogen-bond donors (Lipinski definition) is 0. The van der Waals surface area contributed by atoms with Crippen molar-refractivity contribution in [2.24, 2.45) is 11.3 Å². The second-order valence-electron chi connectivity index (χ2n) is 5.34. The molecule has 1 fully saturated rings. The van der Waals surface area contributed by atoms with Crippen LogP contribution in [-0.4, -0.2) is 5.78 Å². The van der Waals surface area contributed by atoms with Gasteiger partial charge in [0.15, 0.2) is 5.78 Å². The average molecular weight is 216 g/mol. The second kappa shape index (κ2) is 3.73. The summed E-state index contributed by atoms with van der Waals surface area (Å²) in [6.45, 7) is 10.2. The highest BCUT2D eigenvalue weighted by Gasteiger charge is 2.47. The van der Waals surface area contributed by atoms with Gasteiger partial charge in [0, 0.05) is 0 Å². The van der Waals surface area contributed by atoms with Crippen LogP contribution in [-0.2, 0) is 4.79 Å². The molecular weight excluding hydrogens is 196 g/mol. The number of ketones is 1. The van der Waals surface area contributed by atoms with Gasteiger partial charge in [0.2, 0.25) is 0 Å². The Labute approximate surface area is 97.9 Å². The van der Waals surface area contributed by atoms with Crippen molar-refractivity contribution < 1.29 is 4.79 Å². The van der Waals surface area contributed by atoms with Gasteiger partial charge in [-0.15, -0.1) is 0 Å². The van der Waals surface area contributed by atoms with Crippen LogP contribution in [0.15, 0.2) is 35.5 Å². The van der Waals surface area contributed by atoms with E-state index in [1.165, 1.54) is 18.4 Å². The smallest absolute Gasteiger partial charge is 0.166 e. The maximum absolute atomic E-state index is 12.4. The zero-order valence-corrected chi connectivity index (χ0v) is 10.5. The largest absolute Gasteiger partial charge is 0.294 e. The topological polar surface area (TPSA) is 17.1 Å². The van der Waals surface area contributed by atoms with E-state index in [1.54, 1.807) is 6.08 Å². The molecular formula is C15H20O. The lowest BCUT2D eigenvalue weighted by Gasteiger charge is -2.35. The molecule has 0 bridgehead atoms. The van der Waals surface area contributed by atoms with E-state index in [4.69, 9.17) is 0 Å². The Hall–Kier alpha value is -1.11. The lowest BCUT2D eigenvalue weighted by atomic mass is 9.66. The Morgan fingerprint density at radius 2 is 2.19 bits per heavy atom. The Kier molecular flexibility index (Phi) is 2.65. The predicted molar refractivity (Wildman–Crippen MR) is 67.1 cm³/mol. The molecule has 0 aromatic heterocycles. The van der Waals surface area contributed by atoms with Crippen molar-refractivity contribution in [2.75, 3.05) is 0 Å². The highest BCUT2D eigenvalue weighted by Crippen LogP contribution is 2.51. The summed E-state index contributed by atoms with van der Waals surface area (Å²) in [5, 5.41) is 0. The normalized spacial score (nSPS) is 33.9. The standard InChI is InChI=1S/C15H20O/c1-10(2)13-8-12(4)15(14(16)9-13)7-5-6-11(15)3/h8-9,11H,1,5-7H2,2-4H3/t11-,15+/m0/s1. The summed E-state index contributed by atoms with van der Waals surface area (Å²) in [4.78, 5) is 12.4. The maximum atomic E-state index is 12.4. The van der Waals surface area contributed by atoms with Crippen LogP contribution in [0.25, 0.3) is 0 Å². The lowest BCUT2D eigenvalue weighted by molar-refractivity contribution is -0.123. The van der Waals surface area contributed by atoms with E-state index in [1.807, 2.05) is 6.92 Å². The van der Waals surface area contributed by atoms with Gasteiger partial charge in [-0.1, -0.05) is 37.1 Å². The van der Waals surface area contributed by atoms with E-state index in [0.29, 0.717) is 11.7 Å². The first-order chi connectivity index (χ1) is 7.48. The summed E-state index contributed by atoms with van der Waals surface area (Å²) in [6, 6.07) is 0. The van der Waals surface area contributed by atoms with Crippen LogP contribution in [0.1, 0.15) is 40.0 Å². The average Bonchev–Trinajstić information content (AvgIpc) is 2.57. The third-order valence-corrected chi connectivity index (χ3v) is 4.34. The highest BCUT2D eigenvalue weighted by molar-refractivity contribution is 6.00. The van der Waals surface area contributed by atoms with Crippen LogP contribution in [0, 0.1) is 11.3 Å². The Balaban J connectivity index is 2.45. The van der Waals surface area contributed by atoms with E-state index >= 15 is 0 Å². The lowest BCUT2D eigenvalue weighted by Crippen LogP contribution is -2.35. The Morgan fingerprint density at radius 1 is 1.50 bits per heavy atom. The van der Waals surface area contributed by atoms with Crippen molar-refractivity contribution in [1.29, 1.82) is 0 Å². The minimum atomic E-state index is -0.182. The van der Waals surface area contributed by atoms with Crippen LogP contribution >= 0.6 is 0 Å². The monoisotopic (exact) mass is 216 g/mol. The zero-order chi connectivity index (χ0) is 11.9. The Morgan fingerprint density at radius 3 is 2.62 bits per heavy atom. The molecule has 0 unspecified atom stereocenters. The predicted octanol–water partition coefficient (Wildman–Crippen LogP) is 3.82. The molecule has 1 nitrogen and oxygen atoms in total. The van der Waals surface area contributed by atoms with Gasteiger partial charge in [-0.2, -0.15) is 0 Å². The van der Waals surface area contributed by atoms with Gasteiger partial charge in [-0.05, 0) is 44.3 Å². The molecule has 1 saturated carbocycles. The molecule has 0 amide bonds. The van der Waals surface area contributed by atoms with E-state index in [2.05, 4.69) is 26.5 Å². The van der Waals surface area contributed by atoms with Crippen LogP contribution in [0.2, 0.25) is 0 Å². The first-order valence-electron chi connectivity index (χ1n) is 6.09. The fourth-order valence-corrected chi connectivity index (χ4v) is 3.25. The highest BCUT2D eigenvalue weighted by atomic mass is 16.1. The maximum Gasteiger partial charge on any atom is 0.166 e. The molecule has 0 saturated heterocycles. The number of carbonyl (C=O) groups excluding carboxylic acids is 1. The van der Waals surface area contributed by atoms with Crippen molar-refractivity contribution in [3.63, 3.8) is 0 Å². The van der Waals surface area contributed by atoms with Gasteiger partial charge in [-0.25, -0.2) is 0 Å². The van der Waals surface area contributed by atoms with Gasteiger partial charge in [0.05, 0.1) is 5.41 Å². The molecule has 0 N–H and O–H groups in total. The van der Waals surface area contributed by atoms with E-state index in [-0.39, 0.29) is 5.41 Å². The van der Waals surface area contributed by atoms with Gasteiger partial charge in [0.25, 0.3) is 0 Å². The second-order valence-corrected chi connectivity index (χ2v) is 5.34. The Bertz CT molecular complexity index is 411. The molecule has 2 atom stereocenters. The van der Waals surface area contributed by atoms with Gasteiger partial charge >= 0.3 is 0 Å². The van der Waals surface area contributed by atoms with Crippen LogP contribution in [0.4, 0.5) is 0 Å². The van der Waals surface area contributed by atoms with Gasteiger partial charge in [0.1, 0.15) is 0 Å². The fraction of sp³-hybridized carbons (Fsp3) is 0.533. The minimum Gasteiger partial charge on any atom is -0.294 e. The quantitative estimate of drug-likeness (QED) is 0.651. The van der Waals surface area contributed by atoms with Crippen molar-refractivity contribution >= 4 is 5.78 Å². The third kappa shape index (κ3) is 1.41. The summed E-state index contributed by atoms with van der Waals surface area (Å²) in [5.41, 5.74) is 3.04.